The molecule has 196 valence electrons. The van der Waals surface area contributed by atoms with Crippen LogP contribution in [0.4, 0.5) is 5.95 Å². The maximum atomic E-state index is 13.2. The number of esters is 1. The van der Waals surface area contributed by atoms with Gasteiger partial charge in [0.2, 0.25) is 5.95 Å². The predicted octanol–water partition coefficient (Wildman–Crippen LogP) is 4.60. The molecule has 1 aliphatic heterocycles. The van der Waals surface area contributed by atoms with E-state index in [0.717, 1.165) is 14.9 Å². The number of halogens is 1. The van der Waals surface area contributed by atoms with Gasteiger partial charge in [-0.1, -0.05) is 58.5 Å². The molecule has 0 aliphatic carbocycles. The number of carbonyl (C=O) groups excluding carboxylic acids is 1. The number of anilines is 1. The SMILES string of the molecule is CCOc1cc(C2C(C(=O)OC)=C(CSc3nnc(-c4ccccc4)s3)Nc3nnnn32)cc(Br)c1OC. The Balaban J connectivity index is 1.53. The van der Waals surface area contributed by atoms with Crippen LogP contribution in [0.15, 0.2) is 62.5 Å². The fraction of sp³-hybridized carbons (Fsp3) is 0.250. The van der Waals surface area contributed by atoms with Crippen molar-refractivity contribution in [3.05, 3.63) is 63.8 Å². The van der Waals surface area contributed by atoms with E-state index in [2.05, 4.69) is 47.0 Å². The number of fused-ring (bicyclic) bond motifs is 1. The van der Waals surface area contributed by atoms with Gasteiger partial charge in [0.1, 0.15) is 11.0 Å². The van der Waals surface area contributed by atoms with Gasteiger partial charge in [-0.2, -0.15) is 4.68 Å². The van der Waals surface area contributed by atoms with E-state index in [1.807, 2.05) is 49.4 Å². The van der Waals surface area contributed by atoms with Crippen LogP contribution in [-0.2, 0) is 9.53 Å². The second-order valence-electron chi connectivity index (χ2n) is 7.85. The van der Waals surface area contributed by atoms with Crippen molar-refractivity contribution in [1.29, 1.82) is 0 Å². The van der Waals surface area contributed by atoms with Gasteiger partial charge in [0, 0.05) is 17.0 Å². The number of hydrogen-bond donors (Lipinski definition) is 1. The number of methoxy groups -OCH3 is 2. The fourth-order valence-corrected chi connectivity index (χ4v) is 6.46. The highest BCUT2D eigenvalue weighted by molar-refractivity contribution is 9.10. The molecule has 1 aliphatic rings. The third-order valence-corrected chi connectivity index (χ3v) is 8.34. The maximum Gasteiger partial charge on any atom is 0.338 e. The highest BCUT2D eigenvalue weighted by Crippen LogP contribution is 2.43. The van der Waals surface area contributed by atoms with E-state index >= 15 is 0 Å². The molecule has 0 bridgehead atoms. The number of hydrogen-bond acceptors (Lipinski definition) is 12. The maximum absolute atomic E-state index is 13.2. The van der Waals surface area contributed by atoms with Crippen LogP contribution in [0.2, 0.25) is 0 Å². The molecule has 0 saturated carbocycles. The molecule has 2 aromatic carbocycles. The first-order chi connectivity index (χ1) is 18.5. The van der Waals surface area contributed by atoms with Gasteiger partial charge in [-0.3, -0.25) is 0 Å². The van der Waals surface area contributed by atoms with Crippen molar-refractivity contribution in [3.8, 4) is 22.1 Å². The number of tetrazole rings is 1. The first-order valence-corrected chi connectivity index (χ1v) is 14.0. The summed E-state index contributed by atoms with van der Waals surface area (Å²) in [6, 6.07) is 12.8. The Labute approximate surface area is 234 Å². The van der Waals surface area contributed by atoms with E-state index in [1.54, 1.807) is 11.8 Å². The average molecular weight is 617 g/mol. The van der Waals surface area contributed by atoms with Crippen LogP contribution < -0.4 is 14.8 Å². The second kappa shape index (κ2) is 11.5. The molecule has 0 fully saturated rings. The zero-order valence-electron chi connectivity index (χ0n) is 20.5. The molecule has 2 aromatic heterocycles. The Morgan fingerprint density at radius 2 is 2.00 bits per heavy atom. The van der Waals surface area contributed by atoms with Gasteiger partial charge >= 0.3 is 5.97 Å². The molecule has 1 N–H and O–H groups in total. The molecule has 3 heterocycles. The van der Waals surface area contributed by atoms with Crippen molar-refractivity contribution >= 4 is 50.9 Å². The summed E-state index contributed by atoms with van der Waals surface area (Å²) < 4.78 is 19.5. The summed E-state index contributed by atoms with van der Waals surface area (Å²) in [4.78, 5) is 13.2. The molecular weight excluding hydrogens is 594 g/mol. The van der Waals surface area contributed by atoms with Gasteiger partial charge in [-0.15, -0.1) is 10.2 Å². The van der Waals surface area contributed by atoms with Crippen LogP contribution in [0, 0.1) is 0 Å². The fourth-order valence-electron chi connectivity index (χ4n) is 4.01. The van der Waals surface area contributed by atoms with E-state index in [4.69, 9.17) is 14.2 Å². The van der Waals surface area contributed by atoms with Gasteiger partial charge in [0.15, 0.2) is 15.8 Å². The molecule has 5 rings (SSSR count). The van der Waals surface area contributed by atoms with Crippen LogP contribution >= 0.6 is 39.0 Å². The Morgan fingerprint density at radius 3 is 2.74 bits per heavy atom. The summed E-state index contributed by atoms with van der Waals surface area (Å²) in [6.07, 6.45) is 0. The van der Waals surface area contributed by atoms with Crippen molar-refractivity contribution in [2.24, 2.45) is 0 Å². The summed E-state index contributed by atoms with van der Waals surface area (Å²) in [5.74, 6) is 1.34. The Kier molecular flexibility index (Phi) is 7.90. The normalized spacial score (nSPS) is 14.6. The van der Waals surface area contributed by atoms with Crippen molar-refractivity contribution in [1.82, 2.24) is 30.4 Å². The van der Waals surface area contributed by atoms with Crippen LogP contribution in [0.1, 0.15) is 18.5 Å². The topological polar surface area (TPSA) is 126 Å². The standard InChI is InChI=1S/C24H22BrN7O4S2/c1-4-36-17-11-14(10-15(25)20(17)34-2)19-18(22(33)35-3)16(26-23-28-30-31-32(19)23)12-37-24-29-27-21(38-24)13-8-6-5-7-9-13/h5-11,19H,4,12H2,1-3H3,(H,26,28,31). The third kappa shape index (κ3) is 5.11. The lowest BCUT2D eigenvalue weighted by Crippen LogP contribution is -2.31. The molecule has 1 unspecified atom stereocenters. The zero-order chi connectivity index (χ0) is 26.6. The number of carbonyl (C=O) groups is 1. The number of thioether (sulfide) groups is 1. The lowest BCUT2D eigenvalue weighted by atomic mass is 9.95. The van der Waals surface area contributed by atoms with Crippen LogP contribution in [-0.4, -0.2) is 63.0 Å². The number of rotatable bonds is 9. The first-order valence-electron chi connectivity index (χ1n) is 11.4. The highest BCUT2D eigenvalue weighted by atomic mass is 79.9. The summed E-state index contributed by atoms with van der Waals surface area (Å²) in [5, 5.41) is 24.8. The summed E-state index contributed by atoms with van der Waals surface area (Å²) in [7, 11) is 2.91. The van der Waals surface area contributed by atoms with Gasteiger partial charge in [0.25, 0.3) is 0 Å². The summed E-state index contributed by atoms with van der Waals surface area (Å²) in [6.45, 7) is 2.32. The smallest absolute Gasteiger partial charge is 0.338 e. The molecule has 0 saturated heterocycles. The molecule has 1 atom stereocenters. The quantitative estimate of drug-likeness (QED) is 0.210. The Hall–Kier alpha value is -3.49. The monoisotopic (exact) mass is 615 g/mol. The summed E-state index contributed by atoms with van der Waals surface area (Å²) in [5.41, 5.74) is 2.68. The minimum atomic E-state index is -0.681. The van der Waals surface area contributed by atoms with Gasteiger partial charge in [-0.05, 0) is 51.0 Å². The van der Waals surface area contributed by atoms with Gasteiger partial charge < -0.3 is 19.5 Å². The van der Waals surface area contributed by atoms with Crippen LogP contribution in [0.25, 0.3) is 10.6 Å². The lowest BCUT2D eigenvalue weighted by Gasteiger charge is -2.29. The Bertz CT molecular complexity index is 1490. The third-order valence-electron chi connectivity index (χ3n) is 5.62. The number of aromatic nitrogens is 6. The molecule has 11 nitrogen and oxygen atoms in total. The van der Waals surface area contributed by atoms with E-state index in [1.165, 1.54) is 30.2 Å². The number of benzene rings is 2. The largest absolute Gasteiger partial charge is 0.492 e. The number of ether oxygens (including phenoxy) is 3. The van der Waals surface area contributed by atoms with Crippen molar-refractivity contribution in [2.75, 3.05) is 31.9 Å². The second-order valence-corrected chi connectivity index (χ2v) is 10.9. The van der Waals surface area contributed by atoms with Crippen molar-refractivity contribution in [3.63, 3.8) is 0 Å². The van der Waals surface area contributed by atoms with Gasteiger partial charge in [0.05, 0.1) is 30.9 Å². The number of nitrogens with one attached hydrogen (secondary N) is 1. The number of nitrogens with zero attached hydrogens (tertiary/aromatic N) is 6. The van der Waals surface area contributed by atoms with E-state index in [-0.39, 0.29) is 0 Å². The molecule has 0 spiro atoms. The first kappa shape index (κ1) is 26.1. The van der Waals surface area contributed by atoms with Crippen LogP contribution in [0.3, 0.4) is 0 Å². The van der Waals surface area contributed by atoms with Gasteiger partial charge in [-0.25, -0.2) is 4.79 Å². The molecule has 4 aromatic rings. The van der Waals surface area contributed by atoms with Crippen LogP contribution in [0.5, 0.6) is 11.5 Å². The summed E-state index contributed by atoms with van der Waals surface area (Å²) >= 11 is 6.50. The van der Waals surface area contributed by atoms with Crippen molar-refractivity contribution in [2.45, 2.75) is 17.3 Å². The highest BCUT2D eigenvalue weighted by Gasteiger charge is 2.37. The Morgan fingerprint density at radius 1 is 1.18 bits per heavy atom. The zero-order valence-corrected chi connectivity index (χ0v) is 23.8. The molecule has 14 heteroatoms. The lowest BCUT2D eigenvalue weighted by molar-refractivity contribution is -0.136. The van der Waals surface area contributed by atoms with E-state index < -0.39 is 12.0 Å². The van der Waals surface area contributed by atoms with Crippen molar-refractivity contribution < 1.29 is 19.0 Å². The van der Waals surface area contributed by atoms with E-state index in [0.29, 0.717) is 51.1 Å². The minimum Gasteiger partial charge on any atom is -0.492 e. The molecular formula is C24H22BrN7O4S2. The predicted molar refractivity (Wildman–Crippen MR) is 147 cm³/mol. The minimum absolute atomic E-state index is 0.368. The average Bonchev–Trinajstić information content (AvgIpc) is 3.61. The molecule has 38 heavy (non-hydrogen) atoms. The molecule has 0 amide bonds. The molecule has 0 radical (unpaired) electrons. The van der Waals surface area contributed by atoms with E-state index in [9.17, 15) is 4.79 Å².